The van der Waals surface area contributed by atoms with Gasteiger partial charge in [0.2, 0.25) is 5.91 Å². The van der Waals surface area contributed by atoms with Gasteiger partial charge in [-0.3, -0.25) is 14.6 Å². The van der Waals surface area contributed by atoms with Crippen molar-refractivity contribution in [1.29, 1.82) is 0 Å². The molecule has 3 aromatic rings. The highest BCUT2D eigenvalue weighted by Gasteiger charge is 2.48. The van der Waals surface area contributed by atoms with E-state index in [1.807, 2.05) is 36.4 Å². The highest BCUT2D eigenvalue weighted by atomic mass is 35.5. The van der Waals surface area contributed by atoms with Gasteiger partial charge in [0, 0.05) is 62.2 Å². The number of carbonyl (C=O) groups is 1. The molecular formula is C28H29Cl2N3O. The first-order valence-electron chi connectivity index (χ1n) is 11.8. The highest BCUT2D eigenvalue weighted by molar-refractivity contribution is 6.30. The molecule has 0 spiro atoms. The van der Waals surface area contributed by atoms with Crippen LogP contribution in [0.15, 0.2) is 72.8 Å². The lowest BCUT2D eigenvalue weighted by Crippen LogP contribution is -2.64. The van der Waals surface area contributed by atoms with Crippen LogP contribution in [-0.2, 0) is 30.7 Å². The lowest BCUT2D eigenvalue weighted by molar-refractivity contribution is -0.135. The smallest absolute Gasteiger partial charge is 0.241 e. The Morgan fingerprint density at radius 1 is 0.765 bits per heavy atom. The Kier molecular flexibility index (Phi) is 6.94. The maximum Gasteiger partial charge on any atom is 0.241 e. The number of amides is 1. The molecule has 3 aromatic carbocycles. The van der Waals surface area contributed by atoms with Crippen LogP contribution in [0.1, 0.15) is 22.3 Å². The SMILES string of the molecule is O=C(NCc1ccc(Cl)cc1)C1(N2CCN(Cc3ccc(Cl)cc3)CC2)Cc2ccccc2C1. The summed E-state index contributed by atoms with van der Waals surface area (Å²) in [4.78, 5) is 18.7. The molecule has 1 amide bonds. The van der Waals surface area contributed by atoms with Crippen LogP contribution in [0.5, 0.6) is 0 Å². The van der Waals surface area contributed by atoms with Gasteiger partial charge in [0.15, 0.2) is 0 Å². The predicted molar refractivity (Wildman–Crippen MR) is 138 cm³/mol. The van der Waals surface area contributed by atoms with Crippen molar-refractivity contribution in [3.8, 4) is 0 Å². The molecule has 0 radical (unpaired) electrons. The van der Waals surface area contributed by atoms with E-state index in [0.29, 0.717) is 11.6 Å². The molecule has 1 N–H and O–H groups in total. The summed E-state index contributed by atoms with van der Waals surface area (Å²) in [5.74, 6) is 0.116. The second-order valence-electron chi connectivity index (χ2n) is 9.35. The Balaban J connectivity index is 1.29. The van der Waals surface area contributed by atoms with Gasteiger partial charge in [-0.25, -0.2) is 0 Å². The van der Waals surface area contributed by atoms with E-state index in [9.17, 15) is 4.79 Å². The molecule has 1 heterocycles. The minimum Gasteiger partial charge on any atom is -0.350 e. The van der Waals surface area contributed by atoms with Crippen molar-refractivity contribution < 1.29 is 4.79 Å². The first-order valence-corrected chi connectivity index (χ1v) is 12.6. The zero-order valence-corrected chi connectivity index (χ0v) is 20.7. The summed E-state index contributed by atoms with van der Waals surface area (Å²) in [7, 11) is 0. The quantitative estimate of drug-likeness (QED) is 0.526. The van der Waals surface area contributed by atoms with E-state index in [2.05, 4.69) is 51.5 Å². The minimum absolute atomic E-state index is 0.116. The summed E-state index contributed by atoms with van der Waals surface area (Å²) in [6.07, 6.45) is 1.51. The largest absolute Gasteiger partial charge is 0.350 e. The van der Waals surface area contributed by atoms with Gasteiger partial charge >= 0.3 is 0 Å². The van der Waals surface area contributed by atoms with Gasteiger partial charge in [-0.15, -0.1) is 0 Å². The van der Waals surface area contributed by atoms with Gasteiger partial charge in [0.1, 0.15) is 5.54 Å². The molecule has 34 heavy (non-hydrogen) atoms. The summed E-state index contributed by atoms with van der Waals surface area (Å²) in [5.41, 5.74) is 4.35. The lowest BCUT2D eigenvalue weighted by Gasteiger charge is -2.45. The standard InChI is InChI=1S/C28H29Cl2N3O/c29-25-9-5-21(6-10-25)19-31-27(34)28(17-23-3-1-2-4-24(23)18-28)33-15-13-32(14-16-33)20-22-7-11-26(30)12-8-22/h1-12H,13-20H2,(H,31,34). The van der Waals surface area contributed by atoms with Crippen LogP contribution in [0.4, 0.5) is 0 Å². The van der Waals surface area contributed by atoms with E-state index in [-0.39, 0.29) is 5.91 Å². The van der Waals surface area contributed by atoms with Gasteiger partial charge in [-0.1, -0.05) is 71.7 Å². The fourth-order valence-electron chi connectivity index (χ4n) is 5.25. The van der Waals surface area contributed by atoms with Crippen LogP contribution in [0.2, 0.25) is 10.0 Å². The summed E-state index contributed by atoms with van der Waals surface area (Å²) < 4.78 is 0. The van der Waals surface area contributed by atoms with Crippen molar-refractivity contribution in [2.75, 3.05) is 26.2 Å². The molecule has 1 saturated heterocycles. The predicted octanol–water partition coefficient (Wildman–Crippen LogP) is 4.97. The third-order valence-corrected chi connectivity index (χ3v) is 7.67. The third kappa shape index (κ3) is 5.01. The second-order valence-corrected chi connectivity index (χ2v) is 10.2. The van der Waals surface area contributed by atoms with Crippen molar-refractivity contribution in [2.45, 2.75) is 31.5 Å². The molecular weight excluding hydrogens is 465 g/mol. The lowest BCUT2D eigenvalue weighted by atomic mass is 9.90. The van der Waals surface area contributed by atoms with E-state index in [1.165, 1.54) is 16.7 Å². The monoisotopic (exact) mass is 493 g/mol. The normalized spacial score (nSPS) is 17.9. The van der Waals surface area contributed by atoms with Crippen LogP contribution in [0, 0.1) is 0 Å². The van der Waals surface area contributed by atoms with Crippen LogP contribution >= 0.6 is 23.2 Å². The van der Waals surface area contributed by atoms with Gasteiger partial charge in [0.25, 0.3) is 0 Å². The number of nitrogens with one attached hydrogen (secondary N) is 1. The van der Waals surface area contributed by atoms with Crippen LogP contribution in [0.3, 0.4) is 0 Å². The number of fused-ring (bicyclic) bond motifs is 1. The summed E-state index contributed by atoms with van der Waals surface area (Å²) >= 11 is 12.1. The number of hydrogen-bond acceptors (Lipinski definition) is 3. The number of rotatable bonds is 6. The molecule has 176 valence electrons. The van der Waals surface area contributed by atoms with Crippen molar-refractivity contribution in [2.24, 2.45) is 0 Å². The van der Waals surface area contributed by atoms with Crippen LogP contribution < -0.4 is 5.32 Å². The van der Waals surface area contributed by atoms with Gasteiger partial charge in [0.05, 0.1) is 0 Å². The number of piperazine rings is 1. The topological polar surface area (TPSA) is 35.6 Å². The van der Waals surface area contributed by atoms with Crippen LogP contribution in [-0.4, -0.2) is 47.4 Å². The molecule has 4 nitrogen and oxygen atoms in total. The Morgan fingerprint density at radius 2 is 1.29 bits per heavy atom. The zero-order valence-electron chi connectivity index (χ0n) is 19.1. The van der Waals surface area contributed by atoms with Crippen molar-refractivity contribution in [1.82, 2.24) is 15.1 Å². The number of carbonyl (C=O) groups excluding carboxylic acids is 1. The molecule has 0 atom stereocenters. The average molecular weight is 494 g/mol. The zero-order chi connectivity index (χ0) is 23.5. The van der Waals surface area contributed by atoms with Gasteiger partial charge in [-0.05, 0) is 46.5 Å². The maximum absolute atomic E-state index is 13.8. The first-order chi connectivity index (χ1) is 16.5. The average Bonchev–Trinajstić information content (AvgIpc) is 3.26. The number of halogens is 2. The first kappa shape index (κ1) is 23.4. The summed E-state index contributed by atoms with van der Waals surface area (Å²) in [6, 6.07) is 24.2. The Hall–Kier alpha value is -2.37. The summed E-state index contributed by atoms with van der Waals surface area (Å²) in [6.45, 7) is 5.02. The number of nitrogens with zero attached hydrogens (tertiary/aromatic N) is 2. The molecule has 0 saturated carbocycles. The van der Waals surface area contributed by atoms with E-state index < -0.39 is 5.54 Å². The van der Waals surface area contributed by atoms with Crippen LogP contribution in [0.25, 0.3) is 0 Å². The van der Waals surface area contributed by atoms with E-state index in [1.54, 1.807) is 0 Å². The fraction of sp³-hybridized carbons (Fsp3) is 0.321. The van der Waals surface area contributed by atoms with Gasteiger partial charge in [-0.2, -0.15) is 0 Å². The van der Waals surface area contributed by atoms with Gasteiger partial charge < -0.3 is 5.32 Å². The minimum atomic E-state index is -0.539. The van der Waals surface area contributed by atoms with E-state index in [4.69, 9.17) is 23.2 Å². The number of hydrogen-bond donors (Lipinski definition) is 1. The Bertz CT molecular complexity index is 1110. The maximum atomic E-state index is 13.8. The molecule has 0 bridgehead atoms. The number of benzene rings is 3. The van der Waals surface area contributed by atoms with Crippen molar-refractivity contribution >= 4 is 29.1 Å². The Morgan fingerprint density at radius 3 is 1.85 bits per heavy atom. The highest BCUT2D eigenvalue weighted by Crippen LogP contribution is 2.36. The summed E-state index contributed by atoms with van der Waals surface area (Å²) in [5, 5.41) is 4.71. The second kappa shape index (κ2) is 10.1. The van der Waals surface area contributed by atoms with E-state index in [0.717, 1.165) is 56.2 Å². The van der Waals surface area contributed by atoms with E-state index >= 15 is 0 Å². The molecule has 1 aliphatic carbocycles. The third-order valence-electron chi connectivity index (χ3n) is 7.17. The molecule has 6 heteroatoms. The fourth-order valence-corrected chi connectivity index (χ4v) is 5.51. The molecule has 0 unspecified atom stereocenters. The molecule has 0 aromatic heterocycles. The molecule has 2 aliphatic rings. The molecule has 5 rings (SSSR count). The Labute approximate surface area is 211 Å². The van der Waals surface area contributed by atoms with Crippen molar-refractivity contribution in [3.05, 3.63) is 105 Å². The molecule has 1 fully saturated rings. The van der Waals surface area contributed by atoms with Crippen molar-refractivity contribution in [3.63, 3.8) is 0 Å². The molecule has 1 aliphatic heterocycles.